The molecule has 0 aliphatic carbocycles. The maximum atomic E-state index is 5.30. The van der Waals surface area contributed by atoms with Crippen molar-refractivity contribution in [2.24, 2.45) is 5.10 Å². The summed E-state index contributed by atoms with van der Waals surface area (Å²) in [5.74, 6) is 2.84. The van der Waals surface area contributed by atoms with Gasteiger partial charge in [-0.15, -0.1) is 0 Å². The fraction of sp³-hybridized carbons (Fsp3) is 0.481. The van der Waals surface area contributed by atoms with Gasteiger partial charge in [0.1, 0.15) is 5.75 Å². The second-order valence-corrected chi connectivity index (χ2v) is 9.58. The number of methoxy groups -OCH3 is 1. The molecule has 1 aromatic carbocycles. The van der Waals surface area contributed by atoms with Crippen LogP contribution in [0.15, 0.2) is 35.4 Å². The Morgan fingerprint density at radius 1 is 0.833 bits per heavy atom. The van der Waals surface area contributed by atoms with E-state index in [1.165, 1.54) is 38.5 Å². The minimum atomic E-state index is 0.492. The van der Waals surface area contributed by atoms with Crippen molar-refractivity contribution in [3.05, 3.63) is 47.3 Å². The van der Waals surface area contributed by atoms with Crippen LogP contribution in [0, 0.1) is 13.8 Å². The molecule has 190 valence electrons. The largest absolute Gasteiger partial charge is 0.497 e. The smallest absolute Gasteiger partial charge is 0.250 e. The Kier molecular flexibility index (Phi) is 7.34. The average Bonchev–Trinajstić information content (AvgIpc) is 3.22. The molecule has 1 N–H and O–H groups in total. The van der Waals surface area contributed by atoms with Crippen molar-refractivity contribution in [1.29, 1.82) is 0 Å². The van der Waals surface area contributed by atoms with Gasteiger partial charge in [0.05, 0.1) is 13.3 Å². The molecule has 0 unspecified atom stereocenters. The van der Waals surface area contributed by atoms with E-state index in [4.69, 9.17) is 19.7 Å². The number of hydrogen-bond donors (Lipinski definition) is 1. The molecule has 0 amide bonds. The summed E-state index contributed by atoms with van der Waals surface area (Å²) >= 11 is 0. The quantitative estimate of drug-likeness (QED) is 0.381. The highest BCUT2D eigenvalue weighted by Gasteiger charge is 2.20. The topological polar surface area (TPSA) is 83.7 Å². The van der Waals surface area contributed by atoms with Crippen LogP contribution in [0.1, 0.15) is 55.5 Å². The van der Waals surface area contributed by atoms with Gasteiger partial charge in [0.15, 0.2) is 0 Å². The first kappa shape index (κ1) is 24.1. The molecule has 2 aliphatic rings. The van der Waals surface area contributed by atoms with Crippen molar-refractivity contribution in [2.45, 2.75) is 52.4 Å². The molecule has 0 spiro atoms. The highest BCUT2D eigenvalue weighted by Crippen LogP contribution is 2.24. The van der Waals surface area contributed by atoms with Crippen LogP contribution in [0.25, 0.3) is 5.69 Å². The Morgan fingerprint density at radius 3 is 1.97 bits per heavy atom. The van der Waals surface area contributed by atoms with Gasteiger partial charge in [-0.2, -0.15) is 20.1 Å². The van der Waals surface area contributed by atoms with Crippen molar-refractivity contribution >= 4 is 24.1 Å². The van der Waals surface area contributed by atoms with Crippen LogP contribution in [0.2, 0.25) is 0 Å². The second kappa shape index (κ2) is 11.0. The van der Waals surface area contributed by atoms with Crippen molar-refractivity contribution < 1.29 is 4.74 Å². The van der Waals surface area contributed by atoms with Crippen LogP contribution >= 0.6 is 0 Å². The Balaban J connectivity index is 1.37. The Morgan fingerprint density at radius 2 is 1.42 bits per heavy atom. The molecule has 3 aromatic rings. The summed E-state index contributed by atoms with van der Waals surface area (Å²) in [6, 6.07) is 10.2. The maximum absolute atomic E-state index is 5.30. The van der Waals surface area contributed by atoms with Gasteiger partial charge in [-0.05, 0) is 82.7 Å². The molecule has 2 saturated heterocycles. The number of hydrazone groups is 1. The summed E-state index contributed by atoms with van der Waals surface area (Å²) in [5, 5.41) is 4.52. The molecule has 0 saturated carbocycles. The number of rotatable bonds is 7. The van der Waals surface area contributed by atoms with Gasteiger partial charge in [0, 0.05) is 48.8 Å². The molecule has 9 heteroatoms. The lowest BCUT2D eigenvalue weighted by Crippen LogP contribution is -2.34. The first-order valence-corrected chi connectivity index (χ1v) is 13.0. The van der Waals surface area contributed by atoms with E-state index in [1.807, 2.05) is 18.3 Å². The van der Waals surface area contributed by atoms with E-state index < -0.39 is 0 Å². The number of hydrogen-bond acceptors (Lipinski definition) is 8. The maximum Gasteiger partial charge on any atom is 0.250 e. The number of nitrogens with one attached hydrogen (secondary N) is 1. The van der Waals surface area contributed by atoms with E-state index in [-0.39, 0.29) is 0 Å². The molecule has 0 atom stereocenters. The monoisotopic (exact) mass is 488 g/mol. The van der Waals surface area contributed by atoms with E-state index in [2.05, 4.69) is 56.9 Å². The van der Waals surface area contributed by atoms with E-state index in [0.717, 1.165) is 66.5 Å². The Labute approximate surface area is 213 Å². The average molecular weight is 489 g/mol. The molecule has 2 aliphatic heterocycles. The van der Waals surface area contributed by atoms with Crippen LogP contribution < -0.4 is 20.0 Å². The van der Waals surface area contributed by atoms with Gasteiger partial charge in [0.25, 0.3) is 0 Å². The van der Waals surface area contributed by atoms with Gasteiger partial charge >= 0.3 is 0 Å². The van der Waals surface area contributed by atoms with Crippen LogP contribution in [-0.2, 0) is 0 Å². The summed E-state index contributed by atoms with van der Waals surface area (Å²) in [5.41, 5.74) is 7.47. The molecule has 0 bridgehead atoms. The van der Waals surface area contributed by atoms with Crippen LogP contribution in [0.4, 0.5) is 17.8 Å². The lowest BCUT2D eigenvalue weighted by molar-refractivity contribution is 0.414. The summed E-state index contributed by atoms with van der Waals surface area (Å²) in [6.07, 6.45) is 9.08. The molecule has 4 heterocycles. The van der Waals surface area contributed by atoms with Gasteiger partial charge in [-0.1, -0.05) is 0 Å². The molecule has 2 aromatic heterocycles. The summed E-state index contributed by atoms with van der Waals surface area (Å²) in [6.45, 7) is 8.16. The molecule has 2 fully saturated rings. The highest BCUT2D eigenvalue weighted by molar-refractivity contribution is 5.82. The van der Waals surface area contributed by atoms with Crippen molar-refractivity contribution in [3.8, 4) is 11.4 Å². The van der Waals surface area contributed by atoms with E-state index in [1.54, 1.807) is 7.11 Å². The first-order valence-electron chi connectivity index (χ1n) is 13.0. The molecular weight excluding hydrogens is 452 g/mol. The second-order valence-electron chi connectivity index (χ2n) is 9.58. The van der Waals surface area contributed by atoms with Gasteiger partial charge < -0.3 is 19.1 Å². The minimum Gasteiger partial charge on any atom is -0.497 e. The van der Waals surface area contributed by atoms with E-state index in [9.17, 15) is 0 Å². The lowest BCUT2D eigenvalue weighted by atomic mass is 10.1. The predicted molar refractivity (Wildman–Crippen MR) is 145 cm³/mol. The third-order valence-electron chi connectivity index (χ3n) is 7.06. The third kappa shape index (κ3) is 5.29. The number of anilines is 3. The Bertz CT molecular complexity index is 1150. The fourth-order valence-corrected chi connectivity index (χ4v) is 5.08. The zero-order valence-corrected chi connectivity index (χ0v) is 21.6. The summed E-state index contributed by atoms with van der Waals surface area (Å²) in [7, 11) is 1.68. The molecular formula is C27H36N8O. The molecule has 36 heavy (non-hydrogen) atoms. The third-order valence-corrected chi connectivity index (χ3v) is 7.06. The minimum absolute atomic E-state index is 0.492. The number of aromatic nitrogens is 4. The first-order chi connectivity index (χ1) is 17.6. The molecule has 5 rings (SSSR count). The van der Waals surface area contributed by atoms with Crippen LogP contribution in [-0.4, -0.2) is 59.0 Å². The predicted octanol–water partition coefficient (Wildman–Crippen LogP) is 4.71. The number of nitrogens with zero attached hydrogens (tertiary/aromatic N) is 7. The SMILES string of the molecule is COc1ccc(-n2c(C)cc(/C=N\Nc3nc(N4CCCCC4)nc(N4CCCCC4)n3)c2C)cc1. The zero-order valence-electron chi connectivity index (χ0n) is 21.6. The van der Waals surface area contributed by atoms with Crippen LogP contribution in [0.5, 0.6) is 5.75 Å². The summed E-state index contributed by atoms with van der Waals surface area (Å²) < 4.78 is 7.51. The van der Waals surface area contributed by atoms with Crippen LogP contribution in [0.3, 0.4) is 0 Å². The summed E-state index contributed by atoms with van der Waals surface area (Å²) in [4.78, 5) is 18.8. The number of benzene rings is 1. The lowest BCUT2D eigenvalue weighted by Gasteiger charge is -2.30. The van der Waals surface area contributed by atoms with Gasteiger partial charge in [0.2, 0.25) is 17.8 Å². The fourth-order valence-electron chi connectivity index (χ4n) is 5.08. The van der Waals surface area contributed by atoms with Crippen molar-refractivity contribution in [2.75, 3.05) is 48.5 Å². The van der Waals surface area contributed by atoms with Crippen molar-refractivity contribution in [1.82, 2.24) is 19.5 Å². The number of aryl methyl sites for hydroxylation is 1. The van der Waals surface area contributed by atoms with E-state index in [0.29, 0.717) is 5.95 Å². The normalized spacial score (nSPS) is 16.5. The van der Waals surface area contributed by atoms with Gasteiger partial charge in [-0.3, -0.25) is 0 Å². The standard InChI is InChI=1S/C27H36N8O/c1-20-18-22(21(2)35(20)23-10-12-24(36-3)13-11-23)19-28-32-25-29-26(33-14-6-4-7-15-33)31-27(30-25)34-16-8-5-9-17-34/h10-13,18-19H,4-9,14-17H2,1-3H3,(H,29,30,31,32)/b28-19-. The Hall–Kier alpha value is -3.62. The van der Waals surface area contributed by atoms with Crippen molar-refractivity contribution in [3.63, 3.8) is 0 Å². The number of piperidine rings is 2. The molecule has 0 radical (unpaired) electrons. The van der Waals surface area contributed by atoms with Gasteiger partial charge in [-0.25, -0.2) is 5.43 Å². The zero-order chi connectivity index (χ0) is 24.9. The van der Waals surface area contributed by atoms with E-state index >= 15 is 0 Å². The number of ether oxygens (including phenoxy) is 1. The molecule has 9 nitrogen and oxygen atoms in total. The highest BCUT2D eigenvalue weighted by atomic mass is 16.5.